The fourth-order valence-electron chi connectivity index (χ4n) is 2.32. The average molecular weight is 275 g/mol. The molecule has 1 aromatic rings. The SMILES string of the molecule is COc1ccc(/C=C/C(=O)N2CCC(CO)CC2)cc1. The van der Waals surface area contributed by atoms with Gasteiger partial charge in [0.25, 0.3) is 0 Å². The molecule has 20 heavy (non-hydrogen) atoms. The highest BCUT2D eigenvalue weighted by Gasteiger charge is 2.20. The number of amides is 1. The number of carbonyl (C=O) groups is 1. The van der Waals surface area contributed by atoms with Crippen LogP contribution in [0.3, 0.4) is 0 Å². The molecule has 1 N–H and O–H groups in total. The van der Waals surface area contributed by atoms with E-state index in [1.54, 1.807) is 13.2 Å². The zero-order valence-electron chi connectivity index (χ0n) is 11.8. The molecule has 1 amide bonds. The highest BCUT2D eigenvalue weighted by atomic mass is 16.5. The van der Waals surface area contributed by atoms with E-state index in [0.29, 0.717) is 5.92 Å². The van der Waals surface area contributed by atoms with E-state index >= 15 is 0 Å². The van der Waals surface area contributed by atoms with Gasteiger partial charge in [-0.05, 0) is 42.5 Å². The number of benzene rings is 1. The molecular weight excluding hydrogens is 254 g/mol. The highest BCUT2D eigenvalue weighted by Crippen LogP contribution is 2.17. The molecule has 4 heteroatoms. The summed E-state index contributed by atoms with van der Waals surface area (Å²) in [6.07, 6.45) is 5.21. The van der Waals surface area contributed by atoms with Gasteiger partial charge in [0.2, 0.25) is 5.91 Å². The second-order valence-corrected chi connectivity index (χ2v) is 5.06. The van der Waals surface area contributed by atoms with E-state index in [-0.39, 0.29) is 12.5 Å². The van der Waals surface area contributed by atoms with Crippen LogP contribution >= 0.6 is 0 Å². The van der Waals surface area contributed by atoms with Gasteiger partial charge in [0, 0.05) is 25.8 Å². The Labute approximate surface area is 119 Å². The van der Waals surface area contributed by atoms with Crippen molar-refractivity contribution in [3.63, 3.8) is 0 Å². The molecule has 0 bridgehead atoms. The van der Waals surface area contributed by atoms with Crippen LogP contribution in [0.2, 0.25) is 0 Å². The van der Waals surface area contributed by atoms with Gasteiger partial charge >= 0.3 is 0 Å². The van der Waals surface area contributed by atoms with Crippen LogP contribution < -0.4 is 4.74 Å². The van der Waals surface area contributed by atoms with Crippen molar-refractivity contribution in [1.82, 2.24) is 4.90 Å². The molecule has 1 saturated heterocycles. The molecule has 1 aromatic carbocycles. The summed E-state index contributed by atoms with van der Waals surface area (Å²) in [5.41, 5.74) is 0.976. The molecule has 108 valence electrons. The van der Waals surface area contributed by atoms with Gasteiger partial charge in [-0.3, -0.25) is 4.79 Å². The molecule has 2 rings (SSSR count). The molecule has 0 spiro atoms. The van der Waals surface area contributed by atoms with Crippen molar-refractivity contribution in [2.75, 3.05) is 26.8 Å². The van der Waals surface area contributed by atoms with Crippen molar-refractivity contribution >= 4 is 12.0 Å². The van der Waals surface area contributed by atoms with Gasteiger partial charge < -0.3 is 14.7 Å². The highest BCUT2D eigenvalue weighted by molar-refractivity contribution is 5.91. The maximum Gasteiger partial charge on any atom is 0.246 e. The lowest BCUT2D eigenvalue weighted by molar-refractivity contribution is -0.127. The average Bonchev–Trinajstić information content (AvgIpc) is 2.53. The minimum absolute atomic E-state index is 0.0391. The Kier molecular flexibility index (Phi) is 5.18. The Hall–Kier alpha value is -1.81. The predicted molar refractivity (Wildman–Crippen MR) is 78.4 cm³/mol. The van der Waals surface area contributed by atoms with E-state index in [0.717, 1.165) is 37.2 Å². The molecule has 0 unspecified atom stereocenters. The van der Waals surface area contributed by atoms with Gasteiger partial charge in [0.15, 0.2) is 0 Å². The summed E-state index contributed by atoms with van der Waals surface area (Å²) in [5.74, 6) is 1.20. The van der Waals surface area contributed by atoms with Crippen molar-refractivity contribution in [3.8, 4) is 5.75 Å². The Morgan fingerprint density at radius 3 is 2.55 bits per heavy atom. The van der Waals surface area contributed by atoms with E-state index in [2.05, 4.69) is 0 Å². The Morgan fingerprint density at radius 1 is 1.35 bits per heavy atom. The Morgan fingerprint density at radius 2 is 2.00 bits per heavy atom. The van der Waals surface area contributed by atoms with Gasteiger partial charge in [-0.15, -0.1) is 0 Å². The maximum absolute atomic E-state index is 12.0. The molecule has 0 saturated carbocycles. The number of hydrogen-bond acceptors (Lipinski definition) is 3. The molecule has 0 radical (unpaired) electrons. The van der Waals surface area contributed by atoms with Crippen molar-refractivity contribution < 1.29 is 14.6 Å². The van der Waals surface area contributed by atoms with Gasteiger partial charge in [0.05, 0.1) is 7.11 Å². The summed E-state index contributed by atoms with van der Waals surface area (Å²) in [6.45, 7) is 1.69. The van der Waals surface area contributed by atoms with E-state index in [9.17, 15) is 4.79 Å². The fourth-order valence-corrected chi connectivity index (χ4v) is 2.32. The molecule has 0 aromatic heterocycles. The number of ether oxygens (including phenoxy) is 1. The van der Waals surface area contributed by atoms with Crippen LogP contribution in [0, 0.1) is 5.92 Å². The third kappa shape index (κ3) is 3.84. The van der Waals surface area contributed by atoms with Crippen LogP contribution in [0.1, 0.15) is 18.4 Å². The lowest BCUT2D eigenvalue weighted by Gasteiger charge is -2.30. The Bertz CT molecular complexity index is 459. The smallest absolute Gasteiger partial charge is 0.246 e. The quantitative estimate of drug-likeness (QED) is 0.854. The van der Waals surface area contributed by atoms with E-state index in [1.807, 2.05) is 35.2 Å². The van der Waals surface area contributed by atoms with Crippen molar-refractivity contribution in [3.05, 3.63) is 35.9 Å². The van der Waals surface area contributed by atoms with Gasteiger partial charge in [-0.2, -0.15) is 0 Å². The van der Waals surface area contributed by atoms with Gasteiger partial charge in [0.1, 0.15) is 5.75 Å². The number of piperidine rings is 1. The Balaban J connectivity index is 1.88. The molecule has 0 aliphatic carbocycles. The lowest BCUT2D eigenvalue weighted by atomic mass is 9.98. The number of likely N-dealkylation sites (tertiary alicyclic amines) is 1. The first-order valence-electron chi connectivity index (χ1n) is 6.95. The fraction of sp³-hybridized carbons (Fsp3) is 0.438. The summed E-state index contributed by atoms with van der Waals surface area (Å²) in [6, 6.07) is 7.58. The molecule has 1 aliphatic heterocycles. The van der Waals surface area contributed by atoms with Crippen molar-refractivity contribution in [2.45, 2.75) is 12.8 Å². The number of aliphatic hydroxyl groups excluding tert-OH is 1. The molecule has 4 nitrogen and oxygen atoms in total. The third-order valence-electron chi connectivity index (χ3n) is 3.72. The molecule has 1 aliphatic rings. The van der Waals surface area contributed by atoms with E-state index in [4.69, 9.17) is 9.84 Å². The maximum atomic E-state index is 12.0. The van der Waals surface area contributed by atoms with E-state index < -0.39 is 0 Å². The number of nitrogens with zero attached hydrogens (tertiary/aromatic N) is 1. The summed E-state index contributed by atoms with van der Waals surface area (Å²) in [4.78, 5) is 13.9. The first-order valence-corrected chi connectivity index (χ1v) is 6.95. The van der Waals surface area contributed by atoms with Crippen LogP contribution in [0.4, 0.5) is 0 Å². The second-order valence-electron chi connectivity index (χ2n) is 5.06. The normalized spacial score (nSPS) is 16.6. The summed E-state index contributed by atoms with van der Waals surface area (Å²) >= 11 is 0. The number of rotatable bonds is 4. The number of aliphatic hydroxyl groups is 1. The van der Waals surface area contributed by atoms with Gasteiger partial charge in [-0.25, -0.2) is 0 Å². The van der Waals surface area contributed by atoms with Crippen molar-refractivity contribution in [2.24, 2.45) is 5.92 Å². The third-order valence-corrected chi connectivity index (χ3v) is 3.72. The summed E-state index contributed by atoms with van der Waals surface area (Å²) < 4.78 is 5.09. The minimum atomic E-state index is 0.0391. The van der Waals surface area contributed by atoms with Crippen LogP contribution in [0.5, 0.6) is 5.75 Å². The summed E-state index contributed by atoms with van der Waals surface area (Å²) in [7, 11) is 1.63. The van der Waals surface area contributed by atoms with Crippen LogP contribution in [0.25, 0.3) is 6.08 Å². The van der Waals surface area contributed by atoms with Crippen molar-refractivity contribution in [1.29, 1.82) is 0 Å². The lowest BCUT2D eigenvalue weighted by Crippen LogP contribution is -2.38. The zero-order valence-corrected chi connectivity index (χ0v) is 11.8. The largest absolute Gasteiger partial charge is 0.497 e. The van der Waals surface area contributed by atoms with Gasteiger partial charge in [-0.1, -0.05) is 12.1 Å². The monoisotopic (exact) mass is 275 g/mol. The molecule has 0 atom stereocenters. The van der Waals surface area contributed by atoms with E-state index in [1.165, 1.54) is 0 Å². The number of hydrogen-bond donors (Lipinski definition) is 1. The standard InChI is InChI=1S/C16H21NO3/c1-20-15-5-2-13(3-6-15)4-7-16(19)17-10-8-14(12-18)9-11-17/h2-7,14,18H,8-12H2,1H3/b7-4+. The first kappa shape index (κ1) is 14.6. The number of methoxy groups -OCH3 is 1. The zero-order chi connectivity index (χ0) is 14.4. The van der Waals surface area contributed by atoms with Crippen LogP contribution in [-0.2, 0) is 4.79 Å². The number of carbonyl (C=O) groups excluding carboxylic acids is 1. The first-order chi connectivity index (χ1) is 9.72. The molecule has 1 fully saturated rings. The topological polar surface area (TPSA) is 49.8 Å². The molecular formula is C16H21NO3. The van der Waals surface area contributed by atoms with Crippen LogP contribution in [-0.4, -0.2) is 42.7 Å². The predicted octanol–water partition coefficient (Wildman–Crippen LogP) is 1.94. The minimum Gasteiger partial charge on any atom is -0.497 e. The summed E-state index contributed by atoms with van der Waals surface area (Å²) in [5, 5.41) is 9.08. The molecule has 1 heterocycles. The van der Waals surface area contributed by atoms with Crippen LogP contribution in [0.15, 0.2) is 30.3 Å². The second kappa shape index (κ2) is 7.10.